The van der Waals surface area contributed by atoms with Gasteiger partial charge in [-0.25, -0.2) is 4.98 Å². The van der Waals surface area contributed by atoms with E-state index < -0.39 is 0 Å². The number of rotatable bonds is 7. The van der Waals surface area contributed by atoms with Gasteiger partial charge >= 0.3 is 0 Å². The van der Waals surface area contributed by atoms with E-state index in [-0.39, 0.29) is 24.0 Å². The predicted octanol–water partition coefficient (Wildman–Crippen LogP) is 2.95. The van der Waals surface area contributed by atoms with Crippen molar-refractivity contribution in [3.8, 4) is 0 Å². The maximum Gasteiger partial charge on any atom is 0.193 e. The van der Waals surface area contributed by atoms with Gasteiger partial charge in [0.2, 0.25) is 0 Å². The Balaban J connectivity index is 0.00000264. The first kappa shape index (κ1) is 20.6. The zero-order chi connectivity index (χ0) is 16.1. The summed E-state index contributed by atoms with van der Waals surface area (Å²) in [5.74, 6) is 0.935. The van der Waals surface area contributed by atoms with Gasteiger partial charge in [0.05, 0.1) is 17.2 Å². The van der Waals surface area contributed by atoms with Crippen molar-refractivity contribution in [3.05, 3.63) is 16.1 Å². The minimum Gasteiger partial charge on any atom is -0.355 e. The van der Waals surface area contributed by atoms with Crippen LogP contribution in [0.15, 0.2) is 10.4 Å². The number of aromatic nitrogens is 1. The monoisotopic (exact) mass is 451 g/mol. The maximum atomic E-state index is 4.52. The van der Waals surface area contributed by atoms with Crippen LogP contribution in [-0.2, 0) is 6.54 Å². The Morgan fingerprint density at radius 2 is 2.17 bits per heavy atom. The molecule has 5 nitrogen and oxygen atoms in total. The van der Waals surface area contributed by atoms with E-state index in [9.17, 15) is 0 Å². The van der Waals surface area contributed by atoms with Crippen molar-refractivity contribution in [2.75, 3.05) is 27.2 Å². The summed E-state index contributed by atoms with van der Waals surface area (Å²) in [6, 6.07) is 1.42. The Morgan fingerprint density at radius 1 is 1.48 bits per heavy atom. The number of aliphatic imine (C=N–C) groups is 1. The molecule has 1 aliphatic carbocycles. The highest BCUT2D eigenvalue weighted by Crippen LogP contribution is 2.27. The van der Waals surface area contributed by atoms with Gasteiger partial charge in [0.15, 0.2) is 5.96 Å². The fourth-order valence-corrected chi connectivity index (χ4v) is 3.35. The van der Waals surface area contributed by atoms with Crippen LogP contribution in [0.3, 0.4) is 0 Å². The first-order valence-corrected chi connectivity index (χ1v) is 8.97. The summed E-state index contributed by atoms with van der Waals surface area (Å²) >= 11 is 1.70. The number of nitrogens with zero attached hydrogens (tertiary/aromatic N) is 4. The molecule has 1 heterocycles. The van der Waals surface area contributed by atoms with Gasteiger partial charge in [-0.2, -0.15) is 0 Å². The lowest BCUT2D eigenvalue weighted by Gasteiger charge is -2.28. The van der Waals surface area contributed by atoms with Gasteiger partial charge in [-0.3, -0.25) is 9.89 Å². The Hall–Kier alpha value is -0.410. The molecule has 1 fully saturated rings. The summed E-state index contributed by atoms with van der Waals surface area (Å²) in [7, 11) is 3.90. The van der Waals surface area contributed by atoms with Gasteiger partial charge in [-0.1, -0.05) is 0 Å². The van der Waals surface area contributed by atoms with Crippen LogP contribution in [-0.4, -0.2) is 60.0 Å². The van der Waals surface area contributed by atoms with E-state index in [1.165, 1.54) is 12.8 Å². The zero-order valence-electron chi connectivity index (χ0n) is 14.9. The van der Waals surface area contributed by atoms with Crippen LogP contribution < -0.4 is 5.32 Å². The first-order valence-electron chi connectivity index (χ1n) is 8.09. The van der Waals surface area contributed by atoms with Gasteiger partial charge in [0.1, 0.15) is 0 Å². The second-order valence-corrected chi connectivity index (χ2v) is 7.31. The van der Waals surface area contributed by atoms with Crippen LogP contribution in [0.2, 0.25) is 0 Å². The van der Waals surface area contributed by atoms with Gasteiger partial charge < -0.3 is 10.2 Å². The van der Waals surface area contributed by atoms with Crippen LogP contribution >= 0.6 is 35.3 Å². The second kappa shape index (κ2) is 9.78. The van der Waals surface area contributed by atoms with E-state index in [1.807, 2.05) is 14.0 Å². The molecule has 1 aliphatic rings. The molecule has 0 bridgehead atoms. The van der Waals surface area contributed by atoms with Crippen molar-refractivity contribution >= 4 is 41.3 Å². The Kier molecular flexibility index (Phi) is 8.78. The topological polar surface area (TPSA) is 43.8 Å². The minimum absolute atomic E-state index is 0. The highest BCUT2D eigenvalue weighted by Gasteiger charge is 2.30. The van der Waals surface area contributed by atoms with Crippen molar-refractivity contribution in [3.63, 3.8) is 0 Å². The van der Waals surface area contributed by atoms with E-state index in [2.05, 4.69) is 51.4 Å². The summed E-state index contributed by atoms with van der Waals surface area (Å²) in [5, 5.41) is 6.71. The molecule has 1 aromatic rings. The molecule has 0 atom stereocenters. The Labute approximate surface area is 161 Å². The lowest BCUT2D eigenvalue weighted by atomic mass is 10.3. The van der Waals surface area contributed by atoms with Gasteiger partial charge in [0.25, 0.3) is 0 Å². The van der Waals surface area contributed by atoms with Crippen molar-refractivity contribution in [2.24, 2.45) is 4.99 Å². The van der Waals surface area contributed by atoms with Crippen LogP contribution in [0.5, 0.6) is 0 Å². The standard InChI is InChI=1S/C16H29N5S.HI/c1-12(2)21(15-6-7-15)9-8-18-16(17-4)20(5)10-14-11-22-13(3)19-14;/h11-12,15H,6-10H2,1-5H3,(H,17,18);1H. The third-order valence-corrected chi connectivity index (χ3v) is 4.79. The summed E-state index contributed by atoms with van der Waals surface area (Å²) < 4.78 is 0. The lowest BCUT2D eigenvalue weighted by Crippen LogP contribution is -2.44. The molecule has 1 aromatic heterocycles. The summed E-state index contributed by atoms with van der Waals surface area (Å²) in [6.45, 7) is 9.40. The van der Waals surface area contributed by atoms with Crippen molar-refractivity contribution < 1.29 is 0 Å². The molecule has 1 saturated carbocycles. The smallest absolute Gasteiger partial charge is 0.193 e. The maximum absolute atomic E-state index is 4.52. The molecule has 23 heavy (non-hydrogen) atoms. The van der Waals surface area contributed by atoms with E-state index >= 15 is 0 Å². The fraction of sp³-hybridized carbons (Fsp3) is 0.750. The highest BCUT2D eigenvalue weighted by atomic mass is 127. The van der Waals surface area contributed by atoms with Crippen molar-refractivity contribution in [2.45, 2.75) is 52.2 Å². The normalized spacial score (nSPS) is 15.0. The number of hydrogen-bond donors (Lipinski definition) is 1. The number of aryl methyl sites for hydroxylation is 1. The lowest BCUT2D eigenvalue weighted by molar-refractivity contribution is 0.214. The van der Waals surface area contributed by atoms with Gasteiger partial charge in [-0.15, -0.1) is 35.3 Å². The number of thiazole rings is 1. The summed E-state index contributed by atoms with van der Waals surface area (Å²) in [6.07, 6.45) is 2.71. The Bertz CT molecular complexity index is 496. The molecule has 1 N–H and O–H groups in total. The molecular weight excluding hydrogens is 421 g/mol. The van der Waals surface area contributed by atoms with Crippen LogP contribution in [0.4, 0.5) is 0 Å². The van der Waals surface area contributed by atoms with Gasteiger partial charge in [0, 0.05) is 44.6 Å². The molecule has 7 heteroatoms. The molecule has 0 aromatic carbocycles. The molecule has 132 valence electrons. The summed E-state index contributed by atoms with van der Waals surface area (Å²) in [5.41, 5.74) is 1.11. The zero-order valence-corrected chi connectivity index (χ0v) is 18.0. The molecule has 2 rings (SSSR count). The average molecular weight is 451 g/mol. The van der Waals surface area contributed by atoms with Crippen LogP contribution in [0, 0.1) is 6.92 Å². The predicted molar refractivity (Wildman–Crippen MR) is 110 cm³/mol. The van der Waals surface area contributed by atoms with E-state index in [4.69, 9.17) is 0 Å². The quantitative estimate of drug-likeness (QED) is 0.394. The fourth-order valence-electron chi connectivity index (χ4n) is 2.75. The molecular formula is C16H30IN5S. The third kappa shape index (κ3) is 6.54. The molecule has 0 unspecified atom stereocenters. The van der Waals surface area contributed by atoms with E-state index in [0.717, 1.165) is 42.3 Å². The largest absolute Gasteiger partial charge is 0.355 e. The highest BCUT2D eigenvalue weighted by molar-refractivity contribution is 14.0. The minimum atomic E-state index is 0. The number of guanidine groups is 1. The number of halogens is 1. The van der Waals surface area contributed by atoms with E-state index in [1.54, 1.807) is 11.3 Å². The van der Waals surface area contributed by atoms with Crippen LogP contribution in [0.25, 0.3) is 0 Å². The molecule has 0 radical (unpaired) electrons. The first-order chi connectivity index (χ1) is 10.5. The Morgan fingerprint density at radius 3 is 2.65 bits per heavy atom. The third-order valence-electron chi connectivity index (χ3n) is 3.97. The molecule has 0 aliphatic heterocycles. The van der Waals surface area contributed by atoms with Crippen molar-refractivity contribution in [1.29, 1.82) is 0 Å². The average Bonchev–Trinajstić information content (AvgIpc) is 3.21. The number of nitrogens with one attached hydrogen (secondary N) is 1. The SMILES string of the molecule is CN=C(NCCN(C(C)C)C1CC1)N(C)Cc1csc(C)n1.I. The molecule has 0 saturated heterocycles. The molecule has 0 amide bonds. The number of hydrogen-bond acceptors (Lipinski definition) is 4. The van der Waals surface area contributed by atoms with Gasteiger partial charge in [-0.05, 0) is 33.6 Å². The van der Waals surface area contributed by atoms with Crippen molar-refractivity contribution in [1.82, 2.24) is 20.1 Å². The molecule has 0 spiro atoms. The van der Waals surface area contributed by atoms with E-state index in [0.29, 0.717) is 6.04 Å². The second-order valence-electron chi connectivity index (χ2n) is 6.25. The van der Waals surface area contributed by atoms with Crippen LogP contribution in [0.1, 0.15) is 37.4 Å². The summed E-state index contributed by atoms with van der Waals surface area (Å²) in [4.78, 5) is 13.6.